The molecule has 1 aliphatic heterocycles. The normalized spacial score (nSPS) is 27.5. The third-order valence-corrected chi connectivity index (χ3v) is 7.72. The van der Waals surface area contributed by atoms with E-state index < -0.39 is 0 Å². The fraction of sp³-hybridized carbons (Fsp3) is 0.571. The standard InChI is InChI=1S/C26H34N4O.C2H6/c1-25(2)13-12-20-22(16-25)28-29-23(20)26(3)15-18-14-19(10-11-21(18)27-26)30(4)24(31)17-8-6-5-7-9-17;1-2/h5-9,14,18,21,27H,10-13,15-16H2,1-4H3,(H,28,29);1-2H3/t18?,21?,26-;/m1./s1. The highest BCUT2D eigenvalue weighted by atomic mass is 16.2. The molecule has 2 unspecified atom stereocenters. The van der Waals surface area contributed by atoms with E-state index in [9.17, 15) is 4.79 Å². The third kappa shape index (κ3) is 4.52. The number of H-pyrrole nitrogens is 1. The van der Waals surface area contributed by atoms with Gasteiger partial charge in [-0.05, 0) is 74.5 Å². The number of amides is 1. The molecule has 0 spiro atoms. The number of allylic oxidation sites excluding steroid dienone is 1. The first kappa shape index (κ1) is 23.7. The van der Waals surface area contributed by atoms with Gasteiger partial charge in [-0.2, -0.15) is 5.10 Å². The van der Waals surface area contributed by atoms with Gasteiger partial charge in [-0.1, -0.05) is 52.0 Å². The molecule has 5 heteroatoms. The van der Waals surface area contributed by atoms with Crippen LogP contribution in [0.4, 0.5) is 0 Å². The fourth-order valence-corrected chi connectivity index (χ4v) is 5.94. The zero-order valence-electron chi connectivity index (χ0n) is 21.2. The van der Waals surface area contributed by atoms with E-state index >= 15 is 0 Å². The Kier molecular flexibility index (Phi) is 6.54. The number of aromatic nitrogens is 2. The van der Waals surface area contributed by atoms with Crippen LogP contribution in [-0.4, -0.2) is 34.1 Å². The molecule has 1 aromatic heterocycles. The van der Waals surface area contributed by atoms with Crippen LogP contribution in [0, 0.1) is 11.3 Å². The summed E-state index contributed by atoms with van der Waals surface area (Å²) in [6.45, 7) is 11.0. The quantitative estimate of drug-likeness (QED) is 0.643. The minimum absolute atomic E-state index is 0.0722. The third-order valence-electron chi connectivity index (χ3n) is 7.72. The van der Waals surface area contributed by atoms with E-state index in [4.69, 9.17) is 5.10 Å². The lowest BCUT2D eigenvalue weighted by Gasteiger charge is -2.31. The molecule has 33 heavy (non-hydrogen) atoms. The van der Waals surface area contributed by atoms with Gasteiger partial charge in [0.25, 0.3) is 5.91 Å². The second-order valence-corrected chi connectivity index (χ2v) is 10.7. The lowest BCUT2D eigenvalue weighted by molar-refractivity contribution is 0.0827. The van der Waals surface area contributed by atoms with Crippen molar-refractivity contribution in [2.75, 3.05) is 7.05 Å². The lowest BCUT2D eigenvalue weighted by atomic mass is 9.74. The largest absolute Gasteiger partial charge is 0.316 e. The molecule has 1 aromatic carbocycles. The SMILES string of the molecule is CC.CN(C(=O)c1ccccc1)C1=CC2C[C@](C)(c3n[nH]c4c3CCC(C)(C)C4)NC2CC1. The predicted octanol–water partition coefficient (Wildman–Crippen LogP) is 5.59. The Morgan fingerprint density at radius 2 is 1.85 bits per heavy atom. The first-order valence-corrected chi connectivity index (χ1v) is 12.6. The van der Waals surface area contributed by atoms with Gasteiger partial charge in [-0.3, -0.25) is 9.89 Å². The highest BCUT2D eigenvalue weighted by Crippen LogP contribution is 2.45. The molecule has 1 saturated heterocycles. The average molecular weight is 449 g/mol. The molecule has 2 N–H and O–H groups in total. The summed E-state index contributed by atoms with van der Waals surface area (Å²) in [5.41, 5.74) is 6.11. The van der Waals surface area contributed by atoms with Crippen molar-refractivity contribution in [3.8, 4) is 0 Å². The van der Waals surface area contributed by atoms with E-state index in [2.05, 4.69) is 37.3 Å². The number of carbonyl (C=O) groups is 1. The summed E-state index contributed by atoms with van der Waals surface area (Å²) >= 11 is 0. The molecular weight excluding hydrogens is 408 g/mol. The molecule has 0 saturated carbocycles. The maximum atomic E-state index is 12.9. The molecule has 3 aliphatic rings. The summed E-state index contributed by atoms with van der Waals surface area (Å²) in [7, 11) is 1.91. The van der Waals surface area contributed by atoms with Gasteiger partial charge in [-0.15, -0.1) is 0 Å². The smallest absolute Gasteiger partial charge is 0.257 e. The van der Waals surface area contributed by atoms with Crippen LogP contribution in [0.3, 0.4) is 0 Å². The number of benzene rings is 1. The molecule has 1 fully saturated rings. The van der Waals surface area contributed by atoms with E-state index in [1.165, 1.54) is 23.4 Å². The molecule has 0 bridgehead atoms. The Bertz CT molecular complexity index is 1020. The van der Waals surface area contributed by atoms with Gasteiger partial charge >= 0.3 is 0 Å². The van der Waals surface area contributed by atoms with Crippen LogP contribution >= 0.6 is 0 Å². The van der Waals surface area contributed by atoms with Gasteiger partial charge in [-0.25, -0.2) is 0 Å². The van der Waals surface area contributed by atoms with Crippen LogP contribution in [0.2, 0.25) is 0 Å². The minimum atomic E-state index is -0.116. The van der Waals surface area contributed by atoms with Gasteiger partial charge in [0.2, 0.25) is 0 Å². The Morgan fingerprint density at radius 1 is 1.12 bits per heavy atom. The number of nitrogens with one attached hydrogen (secondary N) is 2. The fourth-order valence-electron chi connectivity index (χ4n) is 5.94. The maximum Gasteiger partial charge on any atom is 0.257 e. The number of carbonyl (C=O) groups excluding carboxylic acids is 1. The highest BCUT2D eigenvalue weighted by molar-refractivity contribution is 5.95. The Hall–Kier alpha value is -2.40. The van der Waals surface area contributed by atoms with Crippen molar-refractivity contribution in [1.29, 1.82) is 0 Å². The van der Waals surface area contributed by atoms with E-state index in [1.54, 1.807) is 0 Å². The summed E-state index contributed by atoms with van der Waals surface area (Å²) < 4.78 is 0. The maximum absolute atomic E-state index is 12.9. The molecule has 3 atom stereocenters. The number of rotatable bonds is 3. The summed E-state index contributed by atoms with van der Waals surface area (Å²) in [6.07, 6.45) is 8.74. The van der Waals surface area contributed by atoms with Crippen molar-refractivity contribution in [2.24, 2.45) is 11.3 Å². The minimum Gasteiger partial charge on any atom is -0.316 e. The van der Waals surface area contributed by atoms with Gasteiger partial charge < -0.3 is 10.2 Å². The monoisotopic (exact) mass is 448 g/mol. The van der Waals surface area contributed by atoms with Crippen molar-refractivity contribution < 1.29 is 4.79 Å². The number of fused-ring (bicyclic) bond motifs is 2. The lowest BCUT2D eigenvalue weighted by Crippen LogP contribution is -2.40. The second kappa shape index (κ2) is 9.09. The first-order valence-electron chi connectivity index (χ1n) is 12.6. The van der Waals surface area contributed by atoms with Crippen molar-refractivity contribution in [1.82, 2.24) is 20.4 Å². The Labute approximate surface area is 199 Å². The molecule has 0 radical (unpaired) electrons. The Balaban J connectivity index is 0.00000126. The molecule has 178 valence electrons. The average Bonchev–Trinajstić information content (AvgIpc) is 3.39. The van der Waals surface area contributed by atoms with Crippen molar-refractivity contribution in [2.45, 2.75) is 84.7 Å². The van der Waals surface area contributed by atoms with Crippen LogP contribution in [0.1, 0.15) is 87.6 Å². The molecular formula is C28H40N4O. The number of hydrogen-bond donors (Lipinski definition) is 2. The van der Waals surface area contributed by atoms with E-state index in [0.717, 1.165) is 43.4 Å². The van der Waals surface area contributed by atoms with Crippen LogP contribution in [0.25, 0.3) is 0 Å². The van der Waals surface area contributed by atoms with Gasteiger partial charge in [0.1, 0.15) is 0 Å². The summed E-state index contributed by atoms with van der Waals surface area (Å²) in [5, 5.41) is 12.1. The van der Waals surface area contributed by atoms with Gasteiger partial charge in [0, 0.05) is 30.0 Å². The van der Waals surface area contributed by atoms with Gasteiger partial charge in [0.05, 0.1) is 11.2 Å². The second-order valence-electron chi connectivity index (χ2n) is 10.7. The predicted molar refractivity (Wildman–Crippen MR) is 134 cm³/mol. The Morgan fingerprint density at radius 3 is 2.58 bits per heavy atom. The van der Waals surface area contributed by atoms with E-state index in [1.807, 2.05) is 56.1 Å². The molecule has 2 aliphatic carbocycles. The zero-order valence-corrected chi connectivity index (χ0v) is 21.2. The van der Waals surface area contributed by atoms with E-state index in [0.29, 0.717) is 17.4 Å². The zero-order chi connectivity index (χ0) is 23.8. The molecule has 2 aromatic rings. The van der Waals surface area contributed by atoms with Crippen LogP contribution in [0.15, 0.2) is 42.1 Å². The molecule has 5 nitrogen and oxygen atoms in total. The van der Waals surface area contributed by atoms with Crippen LogP contribution in [0.5, 0.6) is 0 Å². The van der Waals surface area contributed by atoms with Crippen LogP contribution in [-0.2, 0) is 18.4 Å². The van der Waals surface area contributed by atoms with Crippen molar-refractivity contribution >= 4 is 5.91 Å². The topological polar surface area (TPSA) is 61.0 Å². The number of aromatic amines is 1. The molecule has 1 amide bonds. The van der Waals surface area contributed by atoms with Gasteiger partial charge in [0.15, 0.2) is 0 Å². The number of nitrogens with zero attached hydrogens (tertiary/aromatic N) is 2. The van der Waals surface area contributed by atoms with E-state index in [-0.39, 0.29) is 11.4 Å². The van der Waals surface area contributed by atoms with Crippen LogP contribution < -0.4 is 5.32 Å². The molecule has 5 rings (SSSR count). The van der Waals surface area contributed by atoms with Crippen molar-refractivity contribution in [3.05, 3.63) is 64.6 Å². The van der Waals surface area contributed by atoms with Crippen molar-refractivity contribution in [3.63, 3.8) is 0 Å². The summed E-state index contributed by atoms with van der Waals surface area (Å²) in [4.78, 5) is 14.8. The molecule has 2 heterocycles. The summed E-state index contributed by atoms with van der Waals surface area (Å²) in [6, 6.07) is 10.0. The first-order chi connectivity index (χ1) is 15.8. The highest BCUT2D eigenvalue weighted by Gasteiger charge is 2.46. The summed E-state index contributed by atoms with van der Waals surface area (Å²) in [5.74, 6) is 0.496. The number of hydrogen-bond acceptors (Lipinski definition) is 3.